The number of carbonyl (C=O) groups is 1. The third-order valence-corrected chi connectivity index (χ3v) is 2.79. The van der Waals surface area contributed by atoms with Crippen LogP contribution in [-0.2, 0) is 0 Å². The van der Waals surface area contributed by atoms with Crippen molar-refractivity contribution in [3.05, 3.63) is 21.6 Å². The molecule has 3 N–H and O–H groups in total. The summed E-state index contributed by atoms with van der Waals surface area (Å²) in [6, 6.07) is 0. The summed E-state index contributed by atoms with van der Waals surface area (Å²) in [7, 11) is 0. The molecule has 0 aromatic carbocycles. The summed E-state index contributed by atoms with van der Waals surface area (Å²) in [4.78, 5) is 22.2. The lowest BCUT2D eigenvalue weighted by atomic mass is 9.98. The third-order valence-electron chi connectivity index (χ3n) is 2.79. The van der Waals surface area contributed by atoms with Crippen LogP contribution in [0.15, 0.2) is 4.79 Å². The number of carboxylic acids is 1. The van der Waals surface area contributed by atoms with Gasteiger partial charge in [0.1, 0.15) is 5.69 Å². The lowest BCUT2D eigenvalue weighted by Crippen LogP contribution is -2.12. The maximum Gasteiger partial charge on any atom is 0.354 e. The summed E-state index contributed by atoms with van der Waals surface area (Å²) in [5.41, 5.74) is 0.172. The van der Waals surface area contributed by atoms with Gasteiger partial charge in [-0.2, -0.15) is 0 Å². The molecule has 0 unspecified atom stereocenters. The minimum atomic E-state index is -1.06. The van der Waals surface area contributed by atoms with E-state index < -0.39 is 5.97 Å². The molecule has 0 aliphatic heterocycles. The quantitative estimate of drug-likeness (QED) is 0.661. The molecule has 5 nitrogen and oxygen atoms in total. The van der Waals surface area contributed by atoms with E-state index in [0.29, 0.717) is 5.56 Å². The van der Waals surface area contributed by atoms with Gasteiger partial charge in [-0.25, -0.2) is 4.79 Å². The van der Waals surface area contributed by atoms with Crippen LogP contribution in [0.5, 0.6) is 0 Å². The second-order valence-corrected chi connectivity index (χ2v) is 3.65. The first-order valence-corrected chi connectivity index (χ1v) is 4.74. The smallest absolute Gasteiger partial charge is 0.354 e. The number of hydrogen-bond acceptors (Lipinski definition) is 2. The fraction of sp³-hybridized carbons (Fsp3) is 0.556. The average Bonchev–Trinajstić information content (AvgIpc) is 2.71. The Morgan fingerprint density at radius 2 is 1.93 bits per heavy atom. The van der Waals surface area contributed by atoms with Crippen molar-refractivity contribution < 1.29 is 9.90 Å². The lowest BCUT2D eigenvalue weighted by Gasteiger charge is -2.05. The zero-order chi connectivity index (χ0) is 10.1. The monoisotopic (exact) mass is 196 g/mol. The van der Waals surface area contributed by atoms with Gasteiger partial charge in [-0.05, 0) is 18.8 Å². The Kier molecular flexibility index (Phi) is 2.15. The van der Waals surface area contributed by atoms with Gasteiger partial charge in [-0.1, -0.05) is 12.8 Å². The van der Waals surface area contributed by atoms with Crippen LogP contribution in [0.4, 0.5) is 0 Å². The second-order valence-electron chi connectivity index (χ2n) is 3.65. The maximum absolute atomic E-state index is 11.4. The normalized spacial score (nSPS) is 17.4. The zero-order valence-electron chi connectivity index (χ0n) is 7.67. The third kappa shape index (κ3) is 1.34. The highest BCUT2D eigenvalue weighted by Gasteiger charge is 2.26. The number of aromatic nitrogens is 2. The van der Waals surface area contributed by atoms with E-state index >= 15 is 0 Å². The fourth-order valence-corrected chi connectivity index (χ4v) is 2.14. The Labute approximate surface area is 80.1 Å². The highest BCUT2D eigenvalue weighted by Crippen LogP contribution is 2.33. The number of rotatable bonds is 2. The number of aromatic amines is 2. The topological polar surface area (TPSA) is 85.9 Å². The second kappa shape index (κ2) is 3.32. The van der Waals surface area contributed by atoms with E-state index in [-0.39, 0.29) is 17.2 Å². The molecular weight excluding hydrogens is 184 g/mol. The van der Waals surface area contributed by atoms with Gasteiger partial charge in [0.25, 0.3) is 5.56 Å². The summed E-state index contributed by atoms with van der Waals surface area (Å²) < 4.78 is 0. The fourth-order valence-electron chi connectivity index (χ4n) is 2.14. The van der Waals surface area contributed by atoms with Crippen molar-refractivity contribution in [3.63, 3.8) is 0 Å². The highest BCUT2D eigenvalue weighted by molar-refractivity contribution is 5.87. The van der Waals surface area contributed by atoms with Crippen molar-refractivity contribution in [1.82, 2.24) is 10.2 Å². The van der Waals surface area contributed by atoms with Gasteiger partial charge in [-0.3, -0.25) is 15.0 Å². The highest BCUT2D eigenvalue weighted by atomic mass is 16.4. The summed E-state index contributed by atoms with van der Waals surface area (Å²) in [5, 5.41) is 13.6. The summed E-state index contributed by atoms with van der Waals surface area (Å²) in [6.45, 7) is 0. The van der Waals surface area contributed by atoms with Gasteiger partial charge in [0.05, 0.1) is 5.56 Å². The molecule has 0 radical (unpaired) electrons. The summed E-state index contributed by atoms with van der Waals surface area (Å²) >= 11 is 0. The van der Waals surface area contributed by atoms with Crippen LogP contribution in [-0.4, -0.2) is 21.3 Å². The Morgan fingerprint density at radius 1 is 1.29 bits per heavy atom. The SMILES string of the molecule is O=C(O)c1[nH][nH]c(=O)c1C1CCCC1. The largest absolute Gasteiger partial charge is 0.477 e. The minimum absolute atomic E-state index is 0.0295. The number of carboxylic acid groups (broad SMARTS) is 1. The lowest BCUT2D eigenvalue weighted by molar-refractivity contribution is 0.0688. The first-order valence-electron chi connectivity index (χ1n) is 4.74. The Bertz CT molecular complexity index is 398. The van der Waals surface area contributed by atoms with Crippen LogP contribution in [0.3, 0.4) is 0 Å². The molecule has 1 saturated carbocycles. The molecule has 14 heavy (non-hydrogen) atoms. The van der Waals surface area contributed by atoms with Crippen molar-refractivity contribution in [2.45, 2.75) is 31.6 Å². The predicted octanol–water partition coefficient (Wildman–Crippen LogP) is 1.06. The number of nitrogens with one attached hydrogen (secondary N) is 2. The van der Waals surface area contributed by atoms with Crippen LogP contribution < -0.4 is 5.56 Å². The van der Waals surface area contributed by atoms with E-state index in [9.17, 15) is 9.59 Å². The van der Waals surface area contributed by atoms with E-state index in [1.807, 2.05) is 0 Å². The molecule has 0 amide bonds. The van der Waals surface area contributed by atoms with Gasteiger partial charge >= 0.3 is 5.97 Å². The van der Waals surface area contributed by atoms with Crippen LogP contribution >= 0.6 is 0 Å². The van der Waals surface area contributed by atoms with Gasteiger partial charge in [0, 0.05) is 0 Å². The molecule has 1 aromatic rings. The molecule has 0 spiro atoms. The standard InChI is InChI=1S/C9H12N2O3/c12-8-6(5-3-1-2-4-5)7(9(13)14)10-11-8/h5H,1-4H2,(H,13,14)(H2,10,11,12). The van der Waals surface area contributed by atoms with Gasteiger partial charge in [0.2, 0.25) is 0 Å². The van der Waals surface area contributed by atoms with Crippen molar-refractivity contribution in [2.24, 2.45) is 0 Å². The average molecular weight is 196 g/mol. The summed E-state index contributed by atoms with van der Waals surface area (Å²) in [5.74, 6) is -0.943. The molecular formula is C9H12N2O3. The first-order chi connectivity index (χ1) is 6.70. The van der Waals surface area contributed by atoms with E-state index in [1.165, 1.54) is 0 Å². The van der Waals surface area contributed by atoms with E-state index in [0.717, 1.165) is 25.7 Å². The van der Waals surface area contributed by atoms with E-state index in [4.69, 9.17) is 5.11 Å². The van der Waals surface area contributed by atoms with Crippen LogP contribution in [0, 0.1) is 0 Å². The molecule has 0 bridgehead atoms. The Balaban J connectivity index is 2.43. The van der Waals surface area contributed by atoms with E-state index in [1.54, 1.807) is 0 Å². The molecule has 0 saturated heterocycles. The van der Waals surface area contributed by atoms with E-state index in [2.05, 4.69) is 10.2 Å². The van der Waals surface area contributed by atoms with Crippen LogP contribution in [0.1, 0.15) is 47.7 Å². The van der Waals surface area contributed by atoms with Crippen molar-refractivity contribution in [1.29, 1.82) is 0 Å². The van der Waals surface area contributed by atoms with Crippen LogP contribution in [0.2, 0.25) is 0 Å². The van der Waals surface area contributed by atoms with Crippen molar-refractivity contribution in [2.75, 3.05) is 0 Å². The van der Waals surface area contributed by atoms with Crippen molar-refractivity contribution >= 4 is 5.97 Å². The molecule has 1 aliphatic carbocycles. The van der Waals surface area contributed by atoms with Gasteiger partial charge in [-0.15, -0.1) is 0 Å². The molecule has 1 fully saturated rings. The minimum Gasteiger partial charge on any atom is -0.477 e. The molecule has 76 valence electrons. The number of aromatic carboxylic acids is 1. The molecule has 2 rings (SSSR count). The molecule has 1 heterocycles. The maximum atomic E-state index is 11.4. The first kappa shape index (κ1) is 9.05. The number of H-pyrrole nitrogens is 2. The van der Waals surface area contributed by atoms with Gasteiger partial charge < -0.3 is 5.11 Å². The molecule has 0 atom stereocenters. The van der Waals surface area contributed by atoms with Crippen molar-refractivity contribution in [3.8, 4) is 0 Å². The van der Waals surface area contributed by atoms with Crippen LogP contribution in [0.25, 0.3) is 0 Å². The molecule has 5 heteroatoms. The zero-order valence-corrected chi connectivity index (χ0v) is 7.67. The number of hydrogen-bond donors (Lipinski definition) is 3. The molecule has 1 aliphatic rings. The predicted molar refractivity (Wildman–Crippen MR) is 49.6 cm³/mol. The van der Waals surface area contributed by atoms with Gasteiger partial charge in [0.15, 0.2) is 0 Å². The Hall–Kier alpha value is -1.52. The Morgan fingerprint density at radius 3 is 2.50 bits per heavy atom. The molecule has 1 aromatic heterocycles. The summed E-state index contributed by atoms with van der Waals surface area (Å²) in [6.07, 6.45) is 3.99.